The van der Waals surface area contributed by atoms with Gasteiger partial charge in [-0.15, -0.1) is 0 Å². The summed E-state index contributed by atoms with van der Waals surface area (Å²) < 4.78 is 0. The molecule has 1 aliphatic rings. The normalized spacial score (nSPS) is 27.9. The van der Waals surface area contributed by atoms with Crippen LogP contribution in [0.15, 0.2) is 0 Å². The third-order valence-corrected chi connectivity index (χ3v) is 2.80. The lowest BCUT2D eigenvalue weighted by molar-refractivity contribution is -0.122. The molecule has 1 amide bonds. The Morgan fingerprint density at radius 3 is 2.71 bits per heavy atom. The molecule has 3 heteroatoms. The van der Waals surface area contributed by atoms with E-state index in [9.17, 15) is 4.79 Å². The van der Waals surface area contributed by atoms with Crippen molar-refractivity contribution < 1.29 is 4.79 Å². The molecule has 14 heavy (non-hydrogen) atoms. The standard InChI is InChI=1S/C11H22N2O/c1-8-6-10(7-8)13-11(14)5-3-4-9(2)12/h8-10H,3-7,12H2,1-2H3,(H,13,14). The number of rotatable bonds is 5. The molecule has 1 aliphatic carbocycles. The molecule has 1 saturated carbocycles. The lowest BCUT2D eigenvalue weighted by Crippen LogP contribution is -2.43. The average Bonchev–Trinajstić information content (AvgIpc) is 2.00. The summed E-state index contributed by atoms with van der Waals surface area (Å²) in [6, 6.07) is 0.666. The molecule has 0 aromatic carbocycles. The summed E-state index contributed by atoms with van der Waals surface area (Å²) in [5, 5.41) is 3.04. The molecule has 0 aliphatic heterocycles. The Balaban J connectivity index is 1.99. The van der Waals surface area contributed by atoms with Crippen molar-refractivity contribution in [2.24, 2.45) is 11.7 Å². The summed E-state index contributed by atoms with van der Waals surface area (Å²) in [5.41, 5.74) is 5.60. The van der Waals surface area contributed by atoms with Gasteiger partial charge in [0.05, 0.1) is 0 Å². The monoisotopic (exact) mass is 198 g/mol. The zero-order valence-corrected chi connectivity index (χ0v) is 9.25. The SMILES string of the molecule is CC(N)CCCC(=O)NC1CC(C)C1. The molecule has 0 spiro atoms. The first kappa shape index (κ1) is 11.5. The summed E-state index contributed by atoms with van der Waals surface area (Å²) in [5.74, 6) is 0.993. The third-order valence-electron chi connectivity index (χ3n) is 2.80. The highest BCUT2D eigenvalue weighted by Crippen LogP contribution is 2.26. The van der Waals surface area contributed by atoms with Crippen LogP contribution in [0.2, 0.25) is 0 Å². The second-order valence-corrected chi connectivity index (χ2v) is 4.71. The van der Waals surface area contributed by atoms with Crippen molar-refractivity contribution in [1.29, 1.82) is 0 Å². The zero-order chi connectivity index (χ0) is 10.6. The van der Waals surface area contributed by atoms with E-state index in [4.69, 9.17) is 5.73 Å². The Bertz CT molecular complexity index is 186. The van der Waals surface area contributed by atoms with Crippen LogP contribution in [-0.4, -0.2) is 18.0 Å². The lowest BCUT2D eigenvalue weighted by atomic mass is 9.82. The average molecular weight is 198 g/mol. The van der Waals surface area contributed by atoms with Crippen molar-refractivity contribution in [3.05, 3.63) is 0 Å². The van der Waals surface area contributed by atoms with Crippen molar-refractivity contribution in [3.8, 4) is 0 Å². The van der Waals surface area contributed by atoms with Crippen LogP contribution in [-0.2, 0) is 4.79 Å². The zero-order valence-electron chi connectivity index (χ0n) is 9.25. The van der Waals surface area contributed by atoms with Crippen LogP contribution in [0, 0.1) is 5.92 Å². The van der Waals surface area contributed by atoms with Crippen molar-refractivity contribution in [3.63, 3.8) is 0 Å². The minimum absolute atomic E-state index is 0.197. The van der Waals surface area contributed by atoms with Gasteiger partial charge in [0.1, 0.15) is 0 Å². The summed E-state index contributed by atoms with van der Waals surface area (Å²) in [4.78, 5) is 11.4. The topological polar surface area (TPSA) is 55.1 Å². The molecule has 1 atom stereocenters. The van der Waals surface area contributed by atoms with E-state index < -0.39 is 0 Å². The van der Waals surface area contributed by atoms with Crippen LogP contribution in [0.5, 0.6) is 0 Å². The van der Waals surface area contributed by atoms with E-state index >= 15 is 0 Å². The van der Waals surface area contributed by atoms with Crippen LogP contribution < -0.4 is 11.1 Å². The quantitative estimate of drug-likeness (QED) is 0.702. The smallest absolute Gasteiger partial charge is 0.220 e. The number of hydrogen-bond donors (Lipinski definition) is 2. The second kappa shape index (κ2) is 5.35. The van der Waals surface area contributed by atoms with Gasteiger partial charge in [0.15, 0.2) is 0 Å². The van der Waals surface area contributed by atoms with Gasteiger partial charge >= 0.3 is 0 Å². The number of carbonyl (C=O) groups is 1. The van der Waals surface area contributed by atoms with Crippen molar-refractivity contribution in [1.82, 2.24) is 5.32 Å². The number of nitrogens with one attached hydrogen (secondary N) is 1. The molecule has 1 fully saturated rings. The van der Waals surface area contributed by atoms with E-state index in [0.717, 1.165) is 31.6 Å². The van der Waals surface area contributed by atoms with Gasteiger partial charge in [0, 0.05) is 18.5 Å². The molecule has 0 bridgehead atoms. The first-order valence-electron chi connectivity index (χ1n) is 5.63. The largest absolute Gasteiger partial charge is 0.353 e. The van der Waals surface area contributed by atoms with E-state index in [1.807, 2.05) is 6.92 Å². The Kier molecular flexibility index (Phi) is 4.39. The third kappa shape index (κ3) is 4.09. The Morgan fingerprint density at radius 2 is 2.21 bits per heavy atom. The predicted molar refractivity (Wildman–Crippen MR) is 57.8 cm³/mol. The molecule has 0 heterocycles. The van der Waals surface area contributed by atoms with Crippen molar-refractivity contribution in [2.75, 3.05) is 0 Å². The second-order valence-electron chi connectivity index (χ2n) is 4.71. The first-order chi connectivity index (χ1) is 6.58. The fourth-order valence-electron chi connectivity index (χ4n) is 1.90. The Morgan fingerprint density at radius 1 is 1.57 bits per heavy atom. The van der Waals surface area contributed by atoms with Crippen LogP contribution in [0.25, 0.3) is 0 Å². The summed E-state index contributed by atoms with van der Waals surface area (Å²) in [7, 11) is 0. The van der Waals surface area contributed by atoms with E-state index in [1.54, 1.807) is 0 Å². The van der Waals surface area contributed by atoms with Gasteiger partial charge in [-0.3, -0.25) is 4.79 Å². The van der Waals surface area contributed by atoms with Crippen LogP contribution in [0.3, 0.4) is 0 Å². The van der Waals surface area contributed by atoms with Gasteiger partial charge in [-0.2, -0.15) is 0 Å². The maximum absolute atomic E-state index is 11.4. The molecule has 3 N–H and O–H groups in total. The van der Waals surface area contributed by atoms with Gasteiger partial charge in [0.2, 0.25) is 5.91 Å². The Hall–Kier alpha value is -0.570. The molecule has 0 aromatic rings. The molecule has 1 rings (SSSR count). The first-order valence-corrected chi connectivity index (χ1v) is 5.63. The van der Waals surface area contributed by atoms with Crippen molar-refractivity contribution >= 4 is 5.91 Å². The minimum Gasteiger partial charge on any atom is -0.353 e. The highest BCUT2D eigenvalue weighted by Gasteiger charge is 2.26. The molecular formula is C11H22N2O. The molecule has 0 radical (unpaired) electrons. The maximum Gasteiger partial charge on any atom is 0.220 e. The highest BCUT2D eigenvalue weighted by molar-refractivity contribution is 5.76. The number of carbonyl (C=O) groups excluding carboxylic acids is 1. The summed E-state index contributed by atoms with van der Waals surface area (Å²) in [6.07, 6.45) is 4.78. The Labute approximate surface area is 86.4 Å². The highest BCUT2D eigenvalue weighted by atomic mass is 16.1. The predicted octanol–water partition coefficient (Wildman–Crippen LogP) is 1.42. The molecule has 3 nitrogen and oxygen atoms in total. The van der Waals surface area contributed by atoms with Gasteiger partial charge in [-0.25, -0.2) is 0 Å². The van der Waals surface area contributed by atoms with Gasteiger partial charge < -0.3 is 11.1 Å². The molecule has 1 unspecified atom stereocenters. The van der Waals surface area contributed by atoms with E-state index in [0.29, 0.717) is 12.5 Å². The maximum atomic E-state index is 11.4. The molecule has 0 aromatic heterocycles. The fraction of sp³-hybridized carbons (Fsp3) is 0.909. The van der Waals surface area contributed by atoms with Gasteiger partial charge in [-0.1, -0.05) is 6.92 Å². The van der Waals surface area contributed by atoms with Crippen LogP contribution in [0.4, 0.5) is 0 Å². The van der Waals surface area contributed by atoms with Crippen LogP contribution in [0.1, 0.15) is 46.0 Å². The number of hydrogen-bond acceptors (Lipinski definition) is 2. The van der Waals surface area contributed by atoms with E-state index in [2.05, 4.69) is 12.2 Å². The molecule has 0 saturated heterocycles. The van der Waals surface area contributed by atoms with E-state index in [1.165, 1.54) is 0 Å². The number of amides is 1. The van der Waals surface area contributed by atoms with E-state index in [-0.39, 0.29) is 11.9 Å². The molecular weight excluding hydrogens is 176 g/mol. The molecule has 82 valence electrons. The number of nitrogens with two attached hydrogens (primary N) is 1. The summed E-state index contributed by atoms with van der Waals surface area (Å²) in [6.45, 7) is 4.20. The van der Waals surface area contributed by atoms with Crippen LogP contribution >= 0.6 is 0 Å². The van der Waals surface area contributed by atoms with Crippen molar-refractivity contribution in [2.45, 2.75) is 58.0 Å². The lowest BCUT2D eigenvalue weighted by Gasteiger charge is -2.33. The summed E-state index contributed by atoms with van der Waals surface area (Å²) >= 11 is 0. The minimum atomic E-state index is 0.197. The fourth-order valence-corrected chi connectivity index (χ4v) is 1.90. The van der Waals surface area contributed by atoms with Gasteiger partial charge in [0.25, 0.3) is 0 Å². The van der Waals surface area contributed by atoms with Gasteiger partial charge in [-0.05, 0) is 38.5 Å².